The fraction of sp³-hybridized carbons (Fsp3) is 0.417. The molecule has 0 aliphatic rings. The third-order valence-corrected chi connectivity index (χ3v) is 3.76. The molecule has 1 aromatic carbocycles. The Morgan fingerprint density at radius 2 is 2.11 bits per heavy atom. The zero-order valence-corrected chi connectivity index (χ0v) is 12.5. The number of halogens is 1. The van der Waals surface area contributed by atoms with E-state index in [4.69, 9.17) is 18.0 Å². The second-order valence-corrected chi connectivity index (χ2v) is 7.23. The summed E-state index contributed by atoms with van der Waals surface area (Å²) in [6, 6.07) is 4.21. The van der Waals surface area contributed by atoms with Crippen molar-refractivity contribution in [2.75, 3.05) is 25.6 Å². The minimum Gasteiger partial charge on any atom is -0.389 e. The highest BCUT2D eigenvalue weighted by Crippen LogP contribution is 2.13. The molecule has 0 unspecified atom stereocenters. The Labute approximate surface area is 118 Å². The maximum absolute atomic E-state index is 13.2. The number of benzene rings is 1. The lowest BCUT2D eigenvalue weighted by molar-refractivity contribution is 0.345. The first-order valence-corrected chi connectivity index (χ1v) is 8.10. The van der Waals surface area contributed by atoms with Crippen LogP contribution in [0, 0.1) is 5.82 Å². The van der Waals surface area contributed by atoms with Gasteiger partial charge in [0, 0.05) is 24.9 Å². The predicted molar refractivity (Wildman–Crippen MR) is 78.3 cm³/mol. The van der Waals surface area contributed by atoms with Gasteiger partial charge in [0.1, 0.15) is 20.6 Å². The van der Waals surface area contributed by atoms with Crippen LogP contribution < -0.4 is 5.73 Å². The molecule has 7 heteroatoms. The van der Waals surface area contributed by atoms with Crippen LogP contribution >= 0.6 is 12.2 Å². The van der Waals surface area contributed by atoms with Gasteiger partial charge >= 0.3 is 0 Å². The van der Waals surface area contributed by atoms with Gasteiger partial charge in [0.2, 0.25) is 0 Å². The molecule has 0 saturated heterocycles. The lowest BCUT2D eigenvalue weighted by Crippen LogP contribution is -2.26. The van der Waals surface area contributed by atoms with E-state index in [9.17, 15) is 12.8 Å². The molecule has 2 N–H and O–H groups in total. The summed E-state index contributed by atoms with van der Waals surface area (Å²) in [5.41, 5.74) is 6.85. The highest BCUT2D eigenvalue weighted by Gasteiger charge is 2.11. The summed E-state index contributed by atoms with van der Waals surface area (Å²) in [5, 5.41) is 0. The second kappa shape index (κ2) is 6.40. The Morgan fingerprint density at radius 3 is 2.63 bits per heavy atom. The molecule has 0 aliphatic carbocycles. The Balaban J connectivity index is 2.81. The minimum atomic E-state index is -3.01. The van der Waals surface area contributed by atoms with E-state index in [0.717, 1.165) is 0 Å². The molecule has 0 fully saturated rings. The van der Waals surface area contributed by atoms with Crippen molar-refractivity contribution < 1.29 is 12.8 Å². The van der Waals surface area contributed by atoms with Crippen LogP contribution in [0.5, 0.6) is 0 Å². The molecule has 19 heavy (non-hydrogen) atoms. The summed E-state index contributed by atoms with van der Waals surface area (Å²) in [4.78, 5) is 1.99. The van der Waals surface area contributed by atoms with Crippen LogP contribution in [-0.4, -0.2) is 43.9 Å². The van der Waals surface area contributed by atoms with Crippen molar-refractivity contribution in [2.24, 2.45) is 5.73 Å². The third kappa shape index (κ3) is 5.63. The molecule has 0 saturated carbocycles. The monoisotopic (exact) mass is 304 g/mol. The third-order valence-electron chi connectivity index (χ3n) is 2.62. The summed E-state index contributed by atoms with van der Waals surface area (Å²) in [6.07, 6.45) is 1.18. The molecular formula is C12H17FN2O2S2. The average molecular weight is 304 g/mol. The standard InChI is InChI=1S/C12H17FN2O2S2/c1-15(5-6-19(2,16)17)8-9-7-10(13)3-4-11(9)12(14)18/h3-4,7H,5-6,8H2,1-2H3,(H2,14,18). The van der Waals surface area contributed by atoms with Crippen molar-refractivity contribution in [3.63, 3.8) is 0 Å². The predicted octanol–water partition coefficient (Wildman–Crippen LogP) is 0.936. The van der Waals surface area contributed by atoms with Crippen molar-refractivity contribution >= 4 is 27.0 Å². The smallest absolute Gasteiger partial charge is 0.148 e. The van der Waals surface area contributed by atoms with E-state index in [1.54, 1.807) is 11.9 Å². The van der Waals surface area contributed by atoms with Gasteiger partial charge in [-0.1, -0.05) is 12.2 Å². The molecule has 1 rings (SSSR count). The zero-order chi connectivity index (χ0) is 14.6. The average Bonchev–Trinajstić information content (AvgIpc) is 2.25. The van der Waals surface area contributed by atoms with Gasteiger partial charge in [-0.3, -0.25) is 0 Å². The van der Waals surface area contributed by atoms with E-state index in [1.165, 1.54) is 24.5 Å². The fourth-order valence-electron chi connectivity index (χ4n) is 1.62. The summed E-state index contributed by atoms with van der Waals surface area (Å²) in [7, 11) is -1.25. The van der Waals surface area contributed by atoms with Crippen LogP contribution in [0.3, 0.4) is 0 Å². The van der Waals surface area contributed by atoms with Gasteiger partial charge in [-0.25, -0.2) is 12.8 Å². The lowest BCUT2D eigenvalue weighted by atomic mass is 10.1. The van der Waals surface area contributed by atoms with Crippen LogP contribution in [0.25, 0.3) is 0 Å². The van der Waals surface area contributed by atoms with E-state index >= 15 is 0 Å². The van der Waals surface area contributed by atoms with Crippen LogP contribution in [0.1, 0.15) is 11.1 Å². The molecule has 0 aliphatic heterocycles. The van der Waals surface area contributed by atoms with Gasteiger partial charge in [0.15, 0.2) is 0 Å². The molecule has 4 nitrogen and oxygen atoms in total. The topological polar surface area (TPSA) is 63.4 Å². The van der Waals surface area contributed by atoms with E-state index in [0.29, 0.717) is 24.2 Å². The van der Waals surface area contributed by atoms with Gasteiger partial charge in [-0.15, -0.1) is 0 Å². The van der Waals surface area contributed by atoms with Crippen LogP contribution in [0.2, 0.25) is 0 Å². The van der Waals surface area contributed by atoms with Crippen molar-refractivity contribution in [1.29, 1.82) is 0 Å². The van der Waals surface area contributed by atoms with Gasteiger partial charge in [-0.05, 0) is 30.8 Å². The van der Waals surface area contributed by atoms with Crippen LogP contribution in [-0.2, 0) is 16.4 Å². The molecule has 106 valence electrons. The maximum atomic E-state index is 13.2. The summed E-state index contributed by atoms with van der Waals surface area (Å²) in [6.45, 7) is 0.756. The number of hydrogen-bond acceptors (Lipinski definition) is 4. The largest absolute Gasteiger partial charge is 0.389 e. The fourth-order valence-corrected chi connectivity index (χ4v) is 2.47. The van der Waals surface area contributed by atoms with E-state index < -0.39 is 9.84 Å². The van der Waals surface area contributed by atoms with Gasteiger partial charge in [0.05, 0.1) is 5.75 Å². The number of nitrogens with zero attached hydrogens (tertiary/aromatic N) is 1. The Morgan fingerprint density at radius 1 is 1.47 bits per heavy atom. The highest BCUT2D eigenvalue weighted by atomic mass is 32.2. The molecule has 0 atom stereocenters. The highest BCUT2D eigenvalue weighted by molar-refractivity contribution is 7.90. The maximum Gasteiger partial charge on any atom is 0.148 e. The quantitative estimate of drug-likeness (QED) is 0.792. The first-order chi connectivity index (χ1) is 8.69. The second-order valence-electron chi connectivity index (χ2n) is 4.53. The molecule has 0 spiro atoms. The van der Waals surface area contributed by atoms with E-state index in [1.807, 2.05) is 0 Å². The first-order valence-electron chi connectivity index (χ1n) is 5.63. The number of thiocarbonyl (C=S) groups is 1. The number of hydrogen-bond donors (Lipinski definition) is 1. The van der Waals surface area contributed by atoms with Gasteiger partial charge < -0.3 is 10.6 Å². The molecular weight excluding hydrogens is 287 g/mol. The number of sulfone groups is 1. The number of rotatable bonds is 6. The molecule has 0 bridgehead atoms. The first kappa shape index (κ1) is 16.0. The lowest BCUT2D eigenvalue weighted by Gasteiger charge is -2.18. The van der Waals surface area contributed by atoms with Gasteiger partial charge in [-0.2, -0.15) is 0 Å². The van der Waals surface area contributed by atoms with Crippen LogP contribution in [0.15, 0.2) is 18.2 Å². The van der Waals surface area contributed by atoms with Gasteiger partial charge in [0.25, 0.3) is 0 Å². The van der Waals surface area contributed by atoms with Crippen molar-refractivity contribution in [1.82, 2.24) is 4.90 Å². The molecule has 0 radical (unpaired) electrons. The molecule has 0 heterocycles. The Kier molecular flexibility index (Phi) is 5.39. The van der Waals surface area contributed by atoms with Crippen molar-refractivity contribution in [3.8, 4) is 0 Å². The zero-order valence-electron chi connectivity index (χ0n) is 10.9. The molecule has 0 amide bonds. The Bertz CT molecular complexity index is 573. The number of nitrogens with two attached hydrogens (primary N) is 1. The SMILES string of the molecule is CN(CCS(C)(=O)=O)Cc1cc(F)ccc1C(N)=S. The van der Waals surface area contributed by atoms with Crippen molar-refractivity contribution in [3.05, 3.63) is 35.1 Å². The Hall–Kier alpha value is -1.05. The summed E-state index contributed by atoms with van der Waals surface area (Å²) in [5.74, 6) is -0.312. The van der Waals surface area contributed by atoms with Crippen molar-refractivity contribution in [2.45, 2.75) is 6.54 Å². The molecule has 0 aromatic heterocycles. The normalized spacial score (nSPS) is 11.8. The minimum absolute atomic E-state index is 0.0568. The van der Waals surface area contributed by atoms with E-state index in [2.05, 4.69) is 0 Å². The van der Waals surface area contributed by atoms with E-state index in [-0.39, 0.29) is 16.6 Å². The summed E-state index contributed by atoms with van der Waals surface area (Å²) < 4.78 is 35.4. The summed E-state index contributed by atoms with van der Waals surface area (Å²) >= 11 is 4.91. The van der Waals surface area contributed by atoms with Crippen LogP contribution in [0.4, 0.5) is 4.39 Å². The molecule has 1 aromatic rings.